The van der Waals surface area contributed by atoms with Gasteiger partial charge in [0.1, 0.15) is 5.75 Å². The molecule has 2 rings (SSSR count). The summed E-state index contributed by atoms with van der Waals surface area (Å²) in [4.78, 5) is 13.2. The summed E-state index contributed by atoms with van der Waals surface area (Å²) in [6.45, 7) is 3.88. The van der Waals surface area contributed by atoms with Crippen LogP contribution in [0.1, 0.15) is 33.8 Å². The van der Waals surface area contributed by atoms with Crippen molar-refractivity contribution < 1.29 is 9.53 Å². The Labute approximate surface area is 127 Å². The number of halogens is 1. The van der Waals surface area contributed by atoms with Gasteiger partial charge < -0.3 is 10.1 Å². The molecule has 1 N–H and O–H groups in total. The molecule has 0 saturated carbocycles. The van der Waals surface area contributed by atoms with Gasteiger partial charge in [0, 0.05) is 10.4 Å². The van der Waals surface area contributed by atoms with E-state index in [1.165, 1.54) is 11.3 Å². The summed E-state index contributed by atoms with van der Waals surface area (Å²) in [5.74, 6) is 0.588. The Kier molecular flexibility index (Phi) is 4.68. The molecule has 0 fully saturated rings. The Morgan fingerprint density at radius 3 is 2.70 bits per heavy atom. The van der Waals surface area contributed by atoms with Crippen molar-refractivity contribution in [3.63, 3.8) is 0 Å². The molecule has 1 aromatic heterocycles. The van der Waals surface area contributed by atoms with Gasteiger partial charge in [-0.25, -0.2) is 0 Å². The second-order valence-corrected chi connectivity index (χ2v) is 6.27. The first kappa shape index (κ1) is 14.9. The number of amides is 1. The lowest BCUT2D eigenvalue weighted by Gasteiger charge is -2.13. The average molecular weight is 310 g/mol. The van der Waals surface area contributed by atoms with Gasteiger partial charge in [0.25, 0.3) is 5.91 Å². The minimum absolute atomic E-state index is 0.0766. The van der Waals surface area contributed by atoms with Gasteiger partial charge in [-0.05, 0) is 43.7 Å². The summed E-state index contributed by atoms with van der Waals surface area (Å²) in [7, 11) is 1.60. The van der Waals surface area contributed by atoms with Crippen LogP contribution < -0.4 is 10.1 Å². The van der Waals surface area contributed by atoms with Crippen molar-refractivity contribution in [1.82, 2.24) is 5.32 Å². The van der Waals surface area contributed by atoms with Crippen LogP contribution in [0.25, 0.3) is 0 Å². The van der Waals surface area contributed by atoms with Crippen LogP contribution in [0.15, 0.2) is 30.3 Å². The van der Waals surface area contributed by atoms with Crippen LogP contribution in [-0.4, -0.2) is 13.0 Å². The zero-order chi connectivity index (χ0) is 14.7. The number of hydrogen-bond acceptors (Lipinski definition) is 3. The van der Waals surface area contributed by atoms with Gasteiger partial charge in [0.05, 0.1) is 17.5 Å². The lowest BCUT2D eigenvalue weighted by atomic mass is 10.1. The number of hydrogen-bond donors (Lipinski definition) is 1. The molecule has 1 atom stereocenters. The predicted octanol–water partition coefficient (Wildman–Crippen LogP) is 4.21. The summed E-state index contributed by atoms with van der Waals surface area (Å²) < 4.78 is 5.95. The summed E-state index contributed by atoms with van der Waals surface area (Å²) >= 11 is 7.37. The maximum atomic E-state index is 12.2. The summed E-state index contributed by atoms with van der Waals surface area (Å²) in [5, 5.41) is 2.95. The number of aryl methyl sites for hydroxylation is 1. The zero-order valence-electron chi connectivity index (χ0n) is 11.6. The number of carbonyl (C=O) groups is 1. The molecular formula is C15H16ClNO2S. The predicted molar refractivity (Wildman–Crippen MR) is 82.9 cm³/mol. The first-order valence-electron chi connectivity index (χ1n) is 6.22. The monoisotopic (exact) mass is 309 g/mol. The fourth-order valence-electron chi connectivity index (χ4n) is 1.87. The van der Waals surface area contributed by atoms with Crippen molar-refractivity contribution in [2.75, 3.05) is 7.11 Å². The number of benzene rings is 1. The first-order valence-corrected chi connectivity index (χ1v) is 7.41. The quantitative estimate of drug-likeness (QED) is 0.918. The van der Waals surface area contributed by atoms with Gasteiger partial charge in [-0.1, -0.05) is 17.7 Å². The highest BCUT2D eigenvalue weighted by Crippen LogP contribution is 2.27. The van der Waals surface area contributed by atoms with Crippen molar-refractivity contribution in [2.45, 2.75) is 19.9 Å². The third-order valence-electron chi connectivity index (χ3n) is 3.04. The third-order valence-corrected chi connectivity index (χ3v) is 4.45. The summed E-state index contributed by atoms with van der Waals surface area (Å²) in [6, 6.07) is 9.10. The van der Waals surface area contributed by atoms with Gasteiger partial charge in [-0.2, -0.15) is 0 Å². The van der Waals surface area contributed by atoms with E-state index in [4.69, 9.17) is 16.3 Å². The molecule has 20 heavy (non-hydrogen) atoms. The molecule has 1 amide bonds. The molecule has 1 heterocycles. The van der Waals surface area contributed by atoms with E-state index in [9.17, 15) is 4.79 Å². The molecule has 1 aromatic carbocycles. The number of carbonyl (C=O) groups excluding carboxylic acids is 1. The minimum atomic E-state index is -0.125. The van der Waals surface area contributed by atoms with E-state index >= 15 is 0 Å². The van der Waals surface area contributed by atoms with Gasteiger partial charge in [0.2, 0.25) is 0 Å². The highest BCUT2D eigenvalue weighted by atomic mass is 35.5. The molecule has 1 unspecified atom stereocenters. The topological polar surface area (TPSA) is 38.3 Å². The van der Waals surface area contributed by atoms with E-state index in [0.29, 0.717) is 11.3 Å². The number of nitrogens with one attached hydrogen (secondary N) is 1. The molecule has 0 saturated heterocycles. The van der Waals surface area contributed by atoms with E-state index in [0.717, 1.165) is 14.8 Å². The fourth-order valence-corrected chi connectivity index (χ4v) is 2.94. The SMILES string of the molecule is COc1cc(C(=O)NC(C)c2ccc(Cl)s2)ccc1C. The number of rotatable bonds is 4. The van der Waals surface area contributed by atoms with Gasteiger partial charge in [0.15, 0.2) is 0 Å². The van der Waals surface area contributed by atoms with Crippen molar-refractivity contribution >= 4 is 28.8 Å². The van der Waals surface area contributed by atoms with Crippen molar-refractivity contribution in [1.29, 1.82) is 0 Å². The lowest BCUT2D eigenvalue weighted by Crippen LogP contribution is -2.26. The molecule has 0 aliphatic rings. The smallest absolute Gasteiger partial charge is 0.251 e. The highest BCUT2D eigenvalue weighted by Gasteiger charge is 2.14. The minimum Gasteiger partial charge on any atom is -0.496 e. The molecule has 0 bridgehead atoms. The molecule has 5 heteroatoms. The second kappa shape index (κ2) is 6.29. The third kappa shape index (κ3) is 3.32. The van der Waals surface area contributed by atoms with Crippen molar-refractivity contribution in [3.05, 3.63) is 50.7 Å². The van der Waals surface area contributed by atoms with E-state index in [1.807, 2.05) is 32.0 Å². The molecule has 0 aliphatic carbocycles. The summed E-state index contributed by atoms with van der Waals surface area (Å²) in [5.41, 5.74) is 1.59. The Morgan fingerprint density at radius 2 is 2.10 bits per heavy atom. The maximum Gasteiger partial charge on any atom is 0.251 e. The van der Waals surface area contributed by atoms with Gasteiger partial charge in [-0.15, -0.1) is 11.3 Å². The van der Waals surface area contributed by atoms with Crippen LogP contribution in [0.2, 0.25) is 4.34 Å². The van der Waals surface area contributed by atoms with Crippen LogP contribution in [-0.2, 0) is 0 Å². The number of thiophene rings is 1. The van der Waals surface area contributed by atoms with Crippen molar-refractivity contribution in [3.8, 4) is 5.75 Å². The molecule has 0 radical (unpaired) electrons. The largest absolute Gasteiger partial charge is 0.496 e. The number of ether oxygens (including phenoxy) is 1. The van der Waals surface area contributed by atoms with Crippen LogP contribution >= 0.6 is 22.9 Å². The second-order valence-electron chi connectivity index (χ2n) is 4.52. The van der Waals surface area contributed by atoms with Gasteiger partial charge >= 0.3 is 0 Å². The lowest BCUT2D eigenvalue weighted by molar-refractivity contribution is 0.0940. The fraction of sp³-hybridized carbons (Fsp3) is 0.267. The maximum absolute atomic E-state index is 12.2. The van der Waals surface area contributed by atoms with Crippen LogP contribution in [0, 0.1) is 6.92 Å². The molecule has 106 valence electrons. The zero-order valence-corrected chi connectivity index (χ0v) is 13.1. The van der Waals surface area contributed by atoms with E-state index in [1.54, 1.807) is 19.2 Å². The molecular weight excluding hydrogens is 294 g/mol. The van der Waals surface area contributed by atoms with E-state index < -0.39 is 0 Å². The molecule has 2 aromatic rings. The van der Waals surface area contributed by atoms with Crippen molar-refractivity contribution in [2.24, 2.45) is 0 Å². The van der Waals surface area contributed by atoms with Crippen LogP contribution in [0.4, 0.5) is 0 Å². The molecule has 3 nitrogen and oxygen atoms in total. The molecule has 0 spiro atoms. The Hall–Kier alpha value is -1.52. The van der Waals surface area contributed by atoms with Crippen LogP contribution in [0.3, 0.4) is 0 Å². The van der Waals surface area contributed by atoms with E-state index in [-0.39, 0.29) is 11.9 Å². The highest BCUT2D eigenvalue weighted by molar-refractivity contribution is 7.16. The van der Waals surface area contributed by atoms with E-state index in [2.05, 4.69) is 5.32 Å². The standard InChI is InChI=1S/C15H16ClNO2S/c1-9-4-5-11(8-12(9)19-3)15(18)17-10(2)13-6-7-14(16)20-13/h4-8,10H,1-3H3,(H,17,18). The average Bonchev–Trinajstić information content (AvgIpc) is 2.86. The number of methoxy groups -OCH3 is 1. The Balaban J connectivity index is 2.12. The first-order chi connectivity index (χ1) is 9.51. The normalized spacial score (nSPS) is 12.0. The van der Waals surface area contributed by atoms with Crippen LogP contribution in [0.5, 0.6) is 5.75 Å². The van der Waals surface area contributed by atoms with Gasteiger partial charge in [-0.3, -0.25) is 4.79 Å². The molecule has 0 aliphatic heterocycles. The Bertz CT molecular complexity index is 624. The Morgan fingerprint density at radius 1 is 1.35 bits per heavy atom. The summed E-state index contributed by atoms with van der Waals surface area (Å²) in [6.07, 6.45) is 0.